The molecule has 0 aliphatic carbocycles. The van der Waals surface area contributed by atoms with E-state index in [0.717, 1.165) is 6.26 Å². The molecular weight excluding hydrogens is 200 g/mol. The molecule has 1 N–H and O–H groups in total. The third-order valence-corrected chi connectivity index (χ3v) is 2.32. The number of nitrogens with zero attached hydrogens (tertiary/aromatic N) is 2. The molecule has 1 aliphatic heterocycles. The maximum absolute atomic E-state index is 10.6. The van der Waals surface area contributed by atoms with Crippen LogP contribution < -0.4 is 4.90 Å². The van der Waals surface area contributed by atoms with E-state index in [2.05, 4.69) is 4.98 Å². The highest BCUT2D eigenvalue weighted by atomic mass is 16.5. The van der Waals surface area contributed by atoms with Gasteiger partial charge in [-0.3, -0.25) is 0 Å². The van der Waals surface area contributed by atoms with Gasteiger partial charge in [0.15, 0.2) is 5.69 Å². The lowest BCUT2D eigenvalue weighted by Gasteiger charge is -2.31. The van der Waals surface area contributed by atoms with E-state index >= 15 is 0 Å². The monoisotopic (exact) mass is 212 g/mol. The molecule has 0 unspecified atom stereocenters. The standard InChI is InChI=1S/C9H12N2O4/c1-6-4-14-3-2-11(6)9-10-7(5-15-9)8(12)13/h5-6H,2-4H2,1H3,(H,12,13)/t6-/m0/s1. The zero-order valence-electron chi connectivity index (χ0n) is 8.34. The number of aromatic nitrogens is 1. The average Bonchev–Trinajstić information content (AvgIpc) is 2.67. The van der Waals surface area contributed by atoms with Crippen molar-refractivity contribution in [2.45, 2.75) is 13.0 Å². The molecule has 1 aromatic rings. The van der Waals surface area contributed by atoms with Crippen molar-refractivity contribution < 1.29 is 19.1 Å². The Kier molecular flexibility index (Phi) is 2.59. The lowest BCUT2D eigenvalue weighted by Crippen LogP contribution is -2.43. The third-order valence-electron chi connectivity index (χ3n) is 2.32. The van der Waals surface area contributed by atoms with Gasteiger partial charge in [0, 0.05) is 6.54 Å². The molecule has 0 spiro atoms. The Morgan fingerprint density at radius 1 is 1.73 bits per heavy atom. The molecule has 0 bridgehead atoms. The van der Waals surface area contributed by atoms with Gasteiger partial charge in [0.25, 0.3) is 6.01 Å². The molecule has 0 saturated carbocycles. The zero-order valence-corrected chi connectivity index (χ0v) is 8.34. The molecule has 82 valence electrons. The highest BCUT2D eigenvalue weighted by molar-refractivity contribution is 5.85. The summed E-state index contributed by atoms with van der Waals surface area (Å²) in [6, 6.07) is 0.502. The largest absolute Gasteiger partial charge is 0.476 e. The fourth-order valence-electron chi connectivity index (χ4n) is 1.51. The number of aromatic carboxylic acids is 1. The third kappa shape index (κ3) is 1.94. The van der Waals surface area contributed by atoms with E-state index in [9.17, 15) is 4.79 Å². The summed E-state index contributed by atoms with van der Waals surface area (Å²) in [6.07, 6.45) is 1.15. The number of hydrogen-bond donors (Lipinski definition) is 1. The first-order valence-corrected chi connectivity index (χ1v) is 4.71. The minimum atomic E-state index is -1.08. The minimum Gasteiger partial charge on any atom is -0.476 e. The molecule has 0 aromatic carbocycles. The SMILES string of the molecule is C[C@H]1COCCN1c1nc(C(=O)O)co1. The van der Waals surface area contributed by atoms with Gasteiger partial charge in [0.2, 0.25) is 0 Å². The number of rotatable bonds is 2. The van der Waals surface area contributed by atoms with Crippen LogP contribution in [-0.4, -0.2) is 41.9 Å². The van der Waals surface area contributed by atoms with Crippen LogP contribution in [0.15, 0.2) is 10.7 Å². The Labute approximate surface area is 86.5 Å². The van der Waals surface area contributed by atoms with Crippen LogP contribution in [0.1, 0.15) is 17.4 Å². The second-order valence-corrected chi connectivity index (χ2v) is 3.44. The summed E-state index contributed by atoms with van der Waals surface area (Å²) in [6.45, 7) is 3.85. The van der Waals surface area contributed by atoms with E-state index in [1.165, 1.54) is 0 Å². The van der Waals surface area contributed by atoms with Crippen molar-refractivity contribution in [3.8, 4) is 0 Å². The number of morpholine rings is 1. The van der Waals surface area contributed by atoms with Gasteiger partial charge in [0.1, 0.15) is 6.26 Å². The summed E-state index contributed by atoms with van der Waals surface area (Å²) in [5.74, 6) is -1.08. The molecule has 15 heavy (non-hydrogen) atoms. The van der Waals surface area contributed by atoms with Crippen molar-refractivity contribution in [3.05, 3.63) is 12.0 Å². The van der Waals surface area contributed by atoms with Gasteiger partial charge < -0.3 is 19.2 Å². The molecule has 2 heterocycles. The highest BCUT2D eigenvalue weighted by Gasteiger charge is 2.24. The number of ether oxygens (including phenoxy) is 1. The van der Waals surface area contributed by atoms with Crippen LogP contribution in [-0.2, 0) is 4.74 Å². The number of hydrogen-bond acceptors (Lipinski definition) is 5. The van der Waals surface area contributed by atoms with E-state index in [1.807, 2.05) is 11.8 Å². The summed E-state index contributed by atoms with van der Waals surface area (Å²) < 4.78 is 10.4. The lowest BCUT2D eigenvalue weighted by atomic mass is 10.3. The summed E-state index contributed by atoms with van der Waals surface area (Å²) >= 11 is 0. The van der Waals surface area contributed by atoms with Crippen molar-refractivity contribution in [3.63, 3.8) is 0 Å². The predicted molar refractivity (Wildman–Crippen MR) is 51.1 cm³/mol. The number of carbonyl (C=O) groups is 1. The highest BCUT2D eigenvalue weighted by Crippen LogP contribution is 2.18. The number of carboxylic acid groups (broad SMARTS) is 1. The van der Waals surface area contributed by atoms with E-state index < -0.39 is 5.97 Å². The predicted octanol–water partition coefficient (Wildman–Crippen LogP) is 0.598. The maximum atomic E-state index is 10.6. The van der Waals surface area contributed by atoms with Crippen molar-refractivity contribution >= 4 is 12.0 Å². The van der Waals surface area contributed by atoms with Crippen LogP contribution in [0.5, 0.6) is 0 Å². The van der Waals surface area contributed by atoms with E-state index in [-0.39, 0.29) is 11.7 Å². The second kappa shape index (κ2) is 3.90. The van der Waals surface area contributed by atoms with Gasteiger partial charge in [0.05, 0.1) is 19.3 Å². The second-order valence-electron chi connectivity index (χ2n) is 3.44. The Morgan fingerprint density at radius 3 is 3.13 bits per heavy atom. The van der Waals surface area contributed by atoms with Crippen molar-refractivity contribution in [2.24, 2.45) is 0 Å². The van der Waals surface area contributed by atoms with Crippen LogP contribution in [0.25, 0.3) is 0 Å². The molecule has 1 atom stereocenters. The molecule has 1 aromatic heterocycles. The Bertz CT molecular complexity index is 363. The summed E-state index contributed by atoms with van der Waals surface area (Å²) in [5.41, 5.74) is -0.0660. The molecule has 1 saturated heterocycles. The van der Waals surface area contributed by atoms with Crippen LogP contribution >= 0.6 is 0 Å². The smallest absolute Gasteiger partial charge is 0.357 e. The van der Waals surface area contributed by atoms with Gasteiger partial charge in [-0.1, -0.05) is 0 Å². The molecule has 6 heteroatoms. The summed E-state index contributed by atoms with van der Waals surface area (Å²) in [5, 5.41) is 8.70. The first-order valence-electron chi connectivity index (χ1n) is 4.71. The topological polar surface area (TPSA) is 75.8 Å². The van der Waals surface area contributed by atoms with Gasteiger partial charge in [-0.25, -0.2) is 4.79 Å². The first-order chi connectivity index (χ1) is 7.18. The average molecular weight is 212 g/mol. The minimum absolute atomic E-state index is 0.0660. The molecule has 1 fully saturated rings. The van der Waals surface area contributed by atoms with E-state index in [4.69, 9.17) is 14.3 Å². The molecular formula is C9H12N2O4. The Balaban J connectivity index is 2.17. The van der Waals surface area contributed by atoms with Crippen molar-refractivity contribution in [2.75, 3.05) is 24.7 Å². The molecule has 6 nitrogen and oxygen atoms in total. The maximum Gasteiger partial charge on any atom is 0.357 e. The molecule has 0 amide bonds. The summed E-state index contributed by atoms with van der Waals surface area (Å²) in [7, 11) is 0. The van der Waals surface area contributed by atoms with Crippen LogP contribution in [0.2, 0.25) is 0 Å². The quantitative estimate of drug-likeness (QED) is 0.773. The lowest BCUT2D eigenvalue weighted by molar-refractivity contribution is 0.0690. The Hall–Kier alpha value is -1.56. The van der Waals surface area contributed by atoms with E-state index in [1.54, 1.807) is 0 Å². The Morgan fingerprint density at radius 2 is 2.53 bits per heavy atom. The molecule has 0 radical (unpaired) electrons. The van der Waals surface area contributed by atoms with Gasteiger partial charge in [-0.15, -0.1) is 0 Å². The molecule has 1 aliphatic rings. The van der Waals surface area contributed by atoms with Gasteiger partial charge in [-0.05, 0) is 6.92 Å². The number of oxazole rings is 1. The first kappa shape index (κ1) is 9.97. The molecule has 2 rings (SSSR count). The van der Waals surface area contributed by atoms with Crippen molar-refractivity contribution in [1.29, 1.82) is 0 Å². The fourth-order valence-corrected chi connectivity index (χ4v) is 1.51. The van der Waals surface area contributed by atoms with Gasteiger partial charge >= 0.3 is 5.97 Å². The normalized spacial score (nSPS) is 21.7. The zero-order chi connectivity index (χ0) is 10.8. The van der Waals surface area contributed by atoms with Crippen molar-refractivity contribution in [1.82, 2.24) is 4.98 Å². The van der Waals surface area contributed by atoms with Crippen LogP contribution in [0.4, 0.5) is 6.01 Å². The fraction of sp³-hybridized carbons (Fsp3) is 0.556. The number of anilines is 1. The van der Waals surface area contributed by atoms with Crippen LogP contribution in [0, 0.1) is 0 Å². The van der Waals surface area contributed by atoms with E-state index in [0.29, 0.717) is 25.8 Å². The van der Waals surface area contributed by atoms with Crippen LogP contribution in [0.3, 0.4) is 0 Å². The van der Waals surface area contributed by atoms with Gasteiger partial charge in [-0.2, -0.15) is 4.98 Å². The number of carboxylic acids is 1. The summed E-state index contributed by atoms with van der Waals surface area (Å²) in [4.78, 5) is 16.4.